The summed E-state index contributed by atoms with van der Waals surface area (Å²) in [5, 5.41) is 20.4. The molecule has 2 aromatic carbocycles. The van der Waals surface area contributed by atoms with Crippen LogP contribution in [0.2, 0.25) is 0 Å². The minimum absolute atomic E-state index is 0.136. The third-order valence-electron chi connectivity index (χ3n) is 4.49. The number of non-ortho nitro benzene ring substituents is 1. The van der Waals surface area contributed by atoms with Crippen LogP contribution in [0.15, 0.2) is 48.5 Å². The summed E-state index contributed by atoms with van der Waals surface area (Å²) in [6.45, 7) is 1.97. The molecule has 0 bridgehead atoms. The van der Waals surface area contributed by atoms with E-state index in [4.69, 9.17) is 0 Å². The van der Waals surface area contributed by atoms with Crippen LogP contribution in [-0.4, -0.2) is 31.5 Å². The van der Waals surface area contributed by atoms with E-state index in [0.717, 1.165) is 11.1 Å². The van der Waals surface area contributed by atoms with Crippen molar-refractivity contribution in [2.45, 2.75) is 19.4 Å². The number of rotatable bonds is 5. The van der Waals surface area contributed by atoms with Crippen LogP contribution in [0.1, 0.15) is 18.0 Å². The molecule has 10 nitrogen and oxygen atoms in total. The van der Waals surface area contributed by atoms with Gasteiger partial charge in [-0.3, -0.25) is 25.0 Å². The lowest BCUT2D eigenvalue weighted by atomic mass is 10.1. The number of nitro groups is 1. The van der Waals surface area contributed by atoms with Crippen molar-refractivity contribution < 1.29 is 14.5 Å². The third kappa shape index (κ3) is 3.68. The standard InChI is InChI=1S/C19H16N6O4/c1-11-5-7-12(8-6-11)17-21-19-22-18(27)15(24(19)23-17)10-16(26)20-13-3-2-4-14(9-13)25(28)29/h2-9,15H,10H2,1H3,(H,20,26)(H,21,22,23,27). The highest BCUT2D eigenvalue weighted by Gasteiger charge is 2.35. The summed E-state index contributed by atoms with van der Waals surface area (Å²) in [6, 6.07) is 12.4. The molecule has 146 valence electrons. The zero-order valence-electron chi connectivity index (χ0n) is 15.3. The maximum atomic E-state index is 12.4. The summed E-state index contributed by atoms with van der Waals surface area (Å²) in [7, 11) is 0. The topological polar surface area (TPSA) is 132 Å². The van der Waals surface area contributed by atoms with Crippen LogP contribution in [-0.2, 0) is 9.59 Å². The maximum Gasteiger partial charge on any atom is 0.271 e. The SMILES string of the molecule is Cc1ccc(-c2nc3n(n2)C(CC(=O)Nc2cccc([N+](=O)[O-])c2)C(=O)N3)cc1. The van der Waals surface area contributed by atoms with E-state index in [-0.39, 0.29) is 29.7 Å². The Morgan fingerprint density at radius 3 is 2.76 bits per heavy atom. The van der Waals surface area contributed by atoms with Gasteiger partial charge in [0.2, 0.25) is 11.9 Å². The van der Waals surface area contributed by atoms with E-state index in [1.165, 1.54) is 28.9 Å². The molecule has 0 spiro atoms. The number of aromatic nitrogens is 3. The molecule has 0 saturated heterocycles. The van der Waals surface area contributed by atoms with Gasteiger partial charge in [-0.05, 0) is 13.0 Å². The molecule has 10 heteroatoms. The summed E-state index contributed by atoms with van der Waals surface area (Å²) in [5.74, 6) is -0.127. The Labute approximate surface area is 164 Å². The average molecular weight is 392 g/mol. The zero-order chi connectivity index (χ0) is 20.5. The number of fused-ring (bicyclic) bond motifs is 1. The van der Waals surface area contributed by atoms with E-state index >= 15 is 0 Å². The minimum Gasteiger partial charge on any atom is -0.326 e. The summed E-state index contributed by atoms with van der Waals surface area (Å²) < 4.78 is 1.39. The molecule has 1 unspecified atom stereocenters. The number of benzene rings is 2. The van der Waals surface area contributed by atoms with Crippen molar-refractivity contribution in [3.63, 3.8) is 0 Å². The fraction of sp³-hybridized carbons (Fsp3) is 0.158. The first-order valence-corrected chi connectivity index (χ1v) is 8.79. The van der Waals surface area contributed by atoms with E-state index in [9.17, 15) is 19.7 Å². The predicted molar refractivity (Wildman–Crippen MR) is 104 cm³/mol. The van der Waals surface area contributed by atoms with Crippen molar-refractivity contribution in [2.75, 3.05) is 10.6 Å². The monoisotopic (exact) mass is 392 g/mol. The molecule has 0 fully saturated rings. The van der Waals surface area contributed by atoms with E-state index in [1.807, 2.05) is 31.2 Å². The Morgan fingerprint density at radius 2 is 2.03 bits per heavy atom. The maximum absolute atomic E-state index is 12.4. The van der Waals surface area contributed by atoms with Gasteiger partial charge in [0, 0.05) is 23.4 Å². The van der Waals surface area contributed by atoms with Crippen LogP contribution in [0.25, 0.3) is 11.4 Å². The minimum atomic E-state index is -0.851. The molecule has 2 N–H and O–H groups in total. The van der Waals surface area contributed by atoms with Crippen LogP contribution >= 0.6 is 0 Å². The number of anilines is 2. The van der Waals surface area contributed by atoms with Crippen molar-refractivity contribution in [1.82, 2.24) is 14.8 Å². The van der Waals surface area contributed by atoms with E-state index in [1.54, 1.807) is 0 Å². The first-order valence-electron chi connectivity index (χ1n) is 8.79. The highest BCUT2D eigenvalue weighted by molar-refractivity contribution is 6.01. The van der Waals surface area contributed by atoms with Crippen LogP contribution in [0.5, 0.6) is 0 Å². The number of carbonyl (C=O) groups excluding carboxylic acids is 2. The highest BCUT2D eigenvalue weighted by atomic mass is 16.6. The lowest BCUT2D eigenvalue weighted by Crippen LogP contribution is -2.23. The predicted octanol–water partition coefficient (Wildman–Crippen LogP) is 2.68. The first-order chi connectivity index (χ1) is 13.9. The molecule has 1 aliphatic heterocycles. The van der Waals surface area contributed by atoms with Gasteiger partial charge in [-0.15, -0.1) is 5.10 Å². The molecule has 1 aromatic heterocycles. The van der Waals surface area contributed by atoms with Crippen molar-refractivity contribution >= 4 is 29.1 Å². The van der Waals surface area contributed by atoms with E-state index in [2.05, 4.69) is 20.7 Å². The molecule has 1 aliphatic rings. The van der Waals surface area contributed by atoms with Crippen molar-refractivity contribution in [3.8, 4) is 11.4 Å². The Kier molecular flexibility index (Phi) is 4.51. The van der Waals surface area contributed by atoms with Gasteiger partial charge in [-0.1, -0.05) is 35.9 Å². The number of aryl methyl sites for hydroxylation is 1. The normalized spacial score (nSPS) is 14.9. The van der Waals surface area contributed by atoms with Crippen LogP contribution in [0.4, 0.5) is 17.3 Å². The van der Waals surface area contributed by atoms with Gasteiger partial charge in [-0.2, -0.15) is 4.98 Å². The van der Waals surface area contributed by atoms with Gasteiger partial charge < -0.3 is 5.32 Å². The van der Waals surface area contributed by atoms with Gasteiger partial charge >= 0.3 is 0 Å². The second kappa shape index (κ2) is 7.15. The molecule has 2 amide bonds. The van der Waals surface area contributed by atoms with Gasteiger partial charge in [-0.25, -0.2) is 4.68 Å². The van der Waals surface area contributed by atoms with Crippen LogP contribution in [0.3, 0.4) is 0 Å². The fourth-order valence-electron chi connectivity index (χ4n) is 3.02. The van der Waals surface area contributed by atoms with E-state index in [0.29, 0.717) is 5.82 Å². The second-order valence-corrected chi connectivity index (χ2v) is 6.63. The highest BCUT2D eigenvalue weighted by Crippen LogP contribution is 2.28. The number of hydrogen-bond donors (Lipinski definition) is 2. The summed E-state index contributed by atoms with van der Waals surface area (Å²) in [6.07, 6.45) is -0.182. The van der Waals surface area contributed by atoms with Crippen molar-refractivity contribution in [1.29, 1.82) is 0 Å². The van der Waals surface area contributed by atoms with Crippen molar-refractivity contribution in [3.05, 3.63) is 64.2 Å². The number of nitrogens with one attached hydrogen (secondary N) is 2. The number of amides is 2. The largest absolute Gasteiger partial charge is 0.326 e. The molecule has 3 aromatic rings. The van der Waals surface area contributed by atoms with E-state index < -0.39 is 16.9 Å². The lowest BCUT2D eigenvalue weighted by molar-refractivity contribution is -0.384. The quantitative estimate of drug-likeness (QED) is 0.507. The Morgan fingerprint density at radius 1 is 1.28 bits per heavy atom. The molecule has 0 radical (unpaired) electrons. The molecule has 29 heavy (non-hydrogen) atoms. The first kappa shape index (κ1) is 18.3. The van der Waals surface area contributed by atoms with Gasteiger partial charge in [0.25, 0.3) is 11.6 Å². The molecule has 0 saturated carbocycles. The average Bonchev–Trinajstić information content (AvgIpc) is 3.21. The zero-order valence-corrected chi connectivity index (χ0v) is 15.3. The summed E-state index contributed by atoms with van der Waals surface area (Å²) >= 11 is 0. The second-order valence-electron chi connectivity index (χ2n) is 6.63. The molecule has 1 atom stereocenters. The Balaban J connectivity index is 1.51. The van der Waals surface area contributed by atoms with Crippen LogP contribution in [0, 0.1) is 17.0 Å². The molecule has 4 rings (SSSR count). The summed E-state index contributed by atoms with van der Waals surface area (Å²) in [5.41, 5.74) is 2.04. The number of hydrogen-bond acceptors (Lipinski definition) is 6. The number of nitrogens with zero attached hydrogens (tertiary/aromatic N) is 4. The van der Waals surface area contributed by atoms with Gasteiger partial charge in [0.1, 0.15) is 6.04 Å². The number of nitro benzene ring substituents is 1. The number of carbonyl (C=O) groups is 2. The van der Waals surface area contributed by atoms with Gasteiger partial charge in [0.15, 0.2) is 5.82 Å². The van der Waals surface area contributed by atoms with Gasteiger partial charge in [0.05, 0.1) is 11.3 Å². The Bertz CT molecular complexity index is 1120. The van der Waals surface area contributed by atoms with Crippen LogP contribution < -0.4 is 10.6 Å². The molecule has 0 aliphatic carbocycles. The molecular weight excluding hydrogens is 376 g/mol. The fourth-order valence-corrected chi connectivity index (χ4v) is 3.02. The molecule has 2 heterocycles. The lowest BCUT2D eigenvalue weighted by Gasteiger charge is -2.10. The Hall–Kier alpha value is -4.08. The summed E-state index contributed by atoms with van der Waals surface area (Å²) in [4.78, 5) is 39.3. The third-order valence-corrected chi connectivity index (χ3v) is 4.49. The smallest absolute Gasteiger partial charge is 0.271 e. The molecular formula is C19H16N6O4. The van der Waals surface area contributed by atoms with Crippen molar-refractivity contribution in [2.24, 2.45) is 0 Å².